The lowest BCUT2D eigenvalue weighted by molar-refractivity contribution is 0.606. The summed E-state index contributed by atoms with van der Waals surface area (Å²) in [7, 11) is 1.50. The van der Waals surface area contributed by atoms with E-state index in [-0.39, 0.29) is 0 Å². The van der Waals surface area contributed by atoms with E-state index in [2.05, 4.69) is 5.73 Å². The molecule has 0 aromatic carbocycles. The van der Waals surface area contributed by atoms with Crippen molar-refractivity contribution in [2.45, 2.75) is 0 Å². The molecule has 0 atom stereocenters. The molecule has 0 aromatic rings. The predicted octanol–water partition coefficient (Wildman–Crippen LogP) is -0.430. The van der Waals surface area contributed by atoms with Gasteiger partial charge >= 0.3 is 0 Å². The minimum atomic E-state index is -0.611. The molecule has 0 aliphatic rings. The zero-order chi connectivity index (χ0) is 5.58. The Bertz CT molecular complexity index is 15.5. The third-order valence-corrected chi connectivity index (χ3v) is 0. The third kappa shape index (κ3) is 626. The van der Waals surface area contributed by atoms with E-state index in [0.29, 0.717) is 0 Å². The fourth-order valence-corrected chi connectivity index (χ4v) is 0. The predicted molar refractivity (Wildman–Crippen MR) is 30.1 cm³/mol. The SMILES string of the molecule is CN.C[S+](C)[O-]. The van der Waals surface area contributed by atoms with Crippen LogP contribution in [-0.2, 0) is 11.2 Å². The zero-order valence-electron chi connectivity index (χ0n) is 4.39. The first kappa shape index (κ1) is 9.55. The Morgan fingerprint density at radius 1 is 1.33 bits per heavy atom. The van der Waals surface area contributed by atoms with Gasteiger partial charge < -0.3 is 10.3 Å². The Balaban J connectivity index is 0. The lowest BCUT2D eigenvalue weighted by Crippen LogP contribution is -1.86. The summed E-state index contributed by atoms with van der Waals surface area (Å²) in [5.74, 6) is 0. The Hall–Kier alpha value is 0.270. The second-order valence-corrected chi connectivity index (χ2v) is 2.22. The van der Waals surface area contributed by atoms with Gasteiger partial charge in [-0.3, -0.25) is 0 Å². The Kier molecular flexibility index (Phi) is 14.3. The van der Waals surface area contributed by atoms with E-state index < -0.39 is 11.2 Å². The van der Waals surface area contributed by atoms with E-state index in [4.69, 9.17) is 0 Å². The minimum Gasteiger partial charge on any atom is -0.617 e. The van der Waals surface area contributed by atoms with Crippen LogP contribution in [0.5, 0.6) is 0 Å². The second kappa shape index (κ2) is 8.99. The molecule has 0 saturated heterocycles. The van der Waals surface area contributed by atoms with Crippen LogP contribution < -0.4 is 5.73 Å². The van der Waals surface area contributed by atoms with Crippen LogP contribution in [0.4, 0.5) is 0 Å². The molecule has 2 nitrogen and oxygen atoms in total. The van der Waals surface area contributed by atoms with Gasteiger partial charge in [-0.05, 0) is 7.05 Å². The van der Waals surface area contributed by atoms with Gasteiger partial charge in [0, 0.05) is 0 Å². The summed E-state index contributed by atoms with van der Waals surface area (Å²) in [6, 6.07) is 0. The van der Waals surface area contributed by atoms with Gasteiger partial charge in [0.15, 0.2) is 0 Å². The van der Waals surface area contributed by atoms with Crippen LogP contribution >= 0.6 is 0 Å². The van der Waals surface area contributed by atoms with E-state index >= 15 is 0 Å². The smallest absolute Gasteiger partial charge is 0.0946 e. The number of hydrogen-bond acceptors (Lipinski definition) is 2. The van der Waals surface area contributed by atoms with Gasteiger partial charge in [-0.15, -0.1) is 0 Å². The lowest BCUT2D eigenvalue weighted by Gasteiger charge is -1.87. The molecule has 0 radical (unpaired) electrons. The average molecular weight is 109 g/mol. The maximum absolute atomic E-state index is 9.56. The van der Waals surface area contributed by atoms with Crippen LogP contribution in [0.15, 0.2) is 0 Å². The summed E-state index contributed by atoms with van der Waals surface area (Å²) in [5.41, 5.74) is 4.50. The van der Waals surface area contributed by atoms with Crippen molar-refractivity contribution in [2.75, 3.05) is 19.6 Å². The Labute approximate surface area is 41.9 Å². The highest BCUT2D eigenvalue weighted by Gasteiger charge is 1.66. The van der Waals surface area contributed by atoms with Gasteiger partial charge in [0.2, 0.25) is 0 Å². The molecule has 0 aliphatic heterocycles. The lowest BCUT2D eigenvalue weighted by atomic mass is 11.6. The molecule has 0 heterocycles. The van der Waals surface area contributed by atoms with E-state index in [1.54, 1.807) is 12.5 Å². The van der Waals surface area contributed by atoms with Crippen LogP contribution in [0.3, 0.4) is 0 Å². The van der Waals surface area contributed by atoms with Crippen molar-refractivity contribution in [1.29, 1.82) is 0 Å². The topological polar surface area (TPSA) is 49.1 Å². The van der Waals surface area contributed by atoms with E-state index in [9.17, 15) is 4.55 Å². The van der Waals surface area contributed by atoms with Crippen molar-refractivity contribution in [3.8, 4) is 0 Å². The first-order valence-corrected chi connectivity index (χ1v) is 3.53. The molecule has 2 N–H and O–H groups in total. The van der Waals surface area contributed by atoms with Gasteiger partial charge in [0.25, 0.3) is 0 Å². The second-order valence-electron chi connectivity index (χ2n) is 0.742. The normalized spacial score (nSPS) is 7.00. The van der Waals surface area contributed by atoms with E-state index in [1.807, 2.05) is 0 Å². The summed E-state index contributed by atoms with van der Waals surface area (Å²) < 4.78 is 9.56. The molecule has 6 heavy (non-hydrogen) atoms. The van der Waals surface area contributed by atoms with Crippen LogP contribution in [0.25, 0.3) is 0 Å². The van der Waals surface area contributed by atoms with Crippen LogP contribution in [0.1, 0.15) is 0 Å². The number of rotatable bonds is 0. The molecule has 0 aromatic heterocycles. The largest absolute Gasteiger partial charge is 0.617 e. The molecule has 0 unspecified atom stereocenters. The van der Waals surface area contributed by atoms with Gasteiger partial charge in [0.1, 0.15) is 0 Å². The summed E-state index contributed by atoms with van der Waals surface area (Å²) >= 11 is -0.611. The van der Waals surface area contributed by atoms with Crippen molar-refractivity contribution in [2.24, 2.45) is 5.73 Å². The standard InChI is InChI=1S/C2H6OS.CH5N/c1-4(2)3;1-2/h1-2H3;2H2,1H3. The maximum Gasteiger partial charge on any atom is 0.0946 e. The Morgan fingerprint density at radius 2 is 1.33 bits per heavy atom. The highest BCUT2D eigenvalue weighted by Crippen LogP contribution is 1.61. The van der Waals surface area contributed by atoms with Gasteiger partial charge in [-0.25, -0.2) is 0 Å². The van der Waals surface area contributed by atoms with Crippen molar-refractivity contribution >= 4 is 11.2 Å². The molecular weight excluding hydrogens is 98.1 g/mol. The van der Waals surface area contributed by atoms with Crippen molar-refractivity contribution in [3.05, 3.63) is 0 Å². The monoisotopic (exact) mass is 109 g/mol. The first-order valence-electron chi connectivity index (χ1n) is 1.56. The molecule has 0 fully saturated rings. The average Bonchev–Trinajstić information content (AvgIpc) is 1.41. The van der Waals surface area contributed by atoms with Gasteiger partial charge in [-0.1, -0.05) is 11.2 Å². The van der Waals surface area contributed by atoms with Crippen LogP contribution in [0, 0.1) is 0 Å². The maximum atomic E-state index is 9.56. The molecule has 0 saturated carbocycles. The fraction of sp³-hybridized carbons (Fsp3) is 1.00. The quantitative estimate of drug-likeness (QED) is 0.429. The summed E-state index contributed by atoms with van der Waals surface area (Å²) in [4.78, 5) is 0. The summed E-state index contributed by atoms with van der Waals surface area (Å²) in [5, 5.41) is 0. The van der Waals surface area contributed by atoms with Gasteiger partial charge in [0.05, 0.1) is 12.5 Å². The molecule has 0 amide bonds. The zero-order valence-corrected chi connectivity index (χ0v) is 5.21. The molecule has 0 aliphatic carbocycles. The molecule has 0 bridgehead atoms. The highest BCUT2D eigenvalue weighted by atomic mass is 32.2. The first-order chi connectivity index (χ1) is 2.73. The fourth-order valence-electron chi connectivity index (χ4n) is 0. The highest BCUT2D eigenvalue weighted by molar-refractivity contribution is 7.89. The summed E-state index contributed by atoms with van der Waals surface area (Å²) in [6.45, 7) is 0. The van der Waals surface area contributed by atoms with E-state index in [1.165, 1.54) is 7.05 Å². The van der Waals surface area contributed by atoms with Crippen LogP contribution in [-0.4, -0.2) is 24.1 Å². The number of hydrogen-bond donors (Lipinski definition) is 1. The van der Waals surface area contributed by atoms with Crippen molar-refractivity contribution in [3.63, 3.8) is 0 Å². The molecule has 0 rings (SSSR count). The molecule has 3 heteroatoms. The number of nitrogens with two attached hydrogens (primary N) is 1. The molecule has 0 spiro atoms. The Morgan fingerprint density at radius 3 is 1.33 bits per heavy atom. The van der Waals surface area contributed by atoms with Crippen molar-refractivity contribution < 1.29 is 4.55 Å². The molecule has 40 valence electrons. The van der Waals surface area contributed by atoms with E-state index in [0.717, 1.165) is 0 Å². The van der Waals surface area contributed by atoms with Gasteiger partial charge in [-0.2, -0.15) is 0 Å². The molecular formula is C3H11NOS. The van der Waals surface area contributed by atoms with Crippen molar-refractivity contribution in [1.82, 2.24) is 0 Å². The minimum absolute atomic E-state index is 0.611. The third-order valence-electron chi connectivity index (χ3n) is 0. The van der Waals surface area contributed by atoms with Crippen LogP contribution in [0.2, 0.25) is 0 Å². The summed E-state index contributed by atoms with van der Waals surface area (Å²) in [6.07, 6.45) is 3.28.